The smallest absolute Gasteiger partial charge is 0.305 e. The highest BCUT2D eigenvalue weighted by Crippen LogP contribution is 2.35. The normalized spacial score (nSPS) is 18.7. The Balaban J connectivity index is 1.59. The molecule has 0 radical (unpaired) electrons. The number of carbonyl (C=O) groups excluding carboxylic acids is 2. The van der Waals surface area contributed by atoms with Crippen molar-refractivity contribution in [1.82, 2.24) is 0 Å². The zero-order valence-corrected chi connectivity index (χ0v) is 19.9. The molecule has 1 aliphatic carbocycles. The van der Waals surface area contributed by atoms with Gasteiger partial charge in [0.1, 0.15) is 11.5 Å². The second-order valence-electron chi connectivity index (χ2n) is 8.53. The highest BCUT2D eigenvalue weighted by atomic mass is 32.2. The largest absolute Gasteiger partial charge is 0.508 e. The van der Waals surface area contributed by atoms with E-state index in [0.717, 1.165) is 74.9 Å². The number of esters is 1. The quantitative estimate of drug-likeness (QED) is 0.215. The van der Waals surface area contributed by atoms with Crippen molar-refractivity contribution in [2.45, 2.75) is 71.1 Å². The number of hydrogen-bond acceptors (Lipinski definition) is 5. The molecule has 1 saturated carbocycles. The lowest BCUT2D eigenvalue weighted by atomic mass is 9.88. The number of thioether (sulfide) groups is 1. The Kier molecular flexibility index (Phi) is 11.8. The number of unbranched alkanes of at least 4 members (excludes halogenated alkanes) is 1. The van der Waals surface area contributed by atoms with E-state index in [1.54, 1.807) is 6.07 Å². The Morgan fingerprint density at radius 1 is 1.23 bits per heavy atom. The molecule has 0 spiro atoms. The maximum Gasteiger partial charge on any atom is 0.305 e. The molecular weight excluding hydrogens is 408 g/mol. The molecule has 1 aromatic carbocycles. The first kappa shape index (κ1) is 25.5. The van der Waals surface area contributed by atoms with Crippen molar-refractivity contribution in [1.29, 1.82) is 0 Å². The van der Waals surface area contributed by atoms with Crippen LogP contribution in [0, 0.1) is 18.8 Å². The van der Waals surface area contributed by atoms with Gasteiger partial charge in [-0.25, -0.2) is 0 Å². The molecule has 0 bridgehead atoms. The molecule has 1 aromatic rings. The highest BCUT2D eigenvalue weighted by Gasteiger charge is 2.32. The molecule has 1 unspecified atom stereocenters. The van der Waals surface area contributed by atoms with Gasteiger partial charge in [0.15, 0.2) is 0 Å². The van der Waals surface area contributed by atoms with Crippen LogP contribution in [0.25, 0.3) is 0 Å². The predicted octanol–water partition coefficient (Wildman–Crippen LogP) is 6.03. The average molecular weight is 447 g/mol. The first-order chi connectivity index (χ1) is 15.0. The molecule has 2 rings (SSSR count). The molecule has 2 atom stereocenters. The topological polar surface area (TPSA) is 63.6 Å². The molecule has 5 heteroatoms. The fourth-order valence-electron chi connectivity index (χ4n) is 4.27. The van der Waals surface area contributed by atoms with E-state index in [0.29, 0.717) is 23.9 Å². The van der Waals surface area contributed by atoms with Crippen LogP contribution in [0.2, 0.25) is 0 Å². The van der Waals surface area contributed by atoms with E-state index in [1.807, 2.05) is 24.8 Å². The molecule has 172 valence electrons. The van der Waals surface area contributed by atoms with Crippen LogP contribution in [-0.4, -0.2) is 35.5 Å². The molecular formula is C26H38O4S. The number of ether oxygens (including phenoxy) is 1. The number of aryl methyl sites for hydroxylation is 2. The van der Waals surface area contributed by atoms with Crippen LogP contribution < -0.4 is 0 Å². The summed E-state index contributed by atoms with van der Waals surface area (Å²) in [5.74, 6) is 3.46. The van der Waals surface area contributed by atoms with E-state index >= 15 is 0 Å². The number of allylic oxidation sites excluding steroid dienone is 2. The van der Waals surface area contributed by atoms with E-state index in [9.17, 15) is 14.7 Å². The van der Waals surface area contributed by atoms with Gasteiger partial charge in [0.25, 0.3) is 0 Å². The summed E-state index contributed by atoms with van der Waals surface area (Å²) in [6, 6.07) is 5.84. The number of benzene rings is 1. The van der Waals surface area contributed by atoms with Gasteiger partial charge in [0.05, 0.1) is 7.11 Å². The summed E-state index contributed by atoms with van der Waals surface area (Å²) >= 11 is 1.87. The Labute approximate surface area is 191 Å². The van der Waals surface area contributed by atoms with Gasteiger partial charge < -0.3 is 9.84 Å². The summed E-state index contributed by atoms with van der Waals surface area (Å²) in [4.78, 5) is 23.4. The minimum atomic E-state index is -0.136. The average Bonchev–Trinajstić information content (AvgIpc) is 3.11. The number of hydrogen-bond donors (Lipinski definition) is 1. The van der Waals surface area contributed by atoms with Gasteiger partial charge in [-0.05, 0) is 92.9 Å². The lowest BCUT2D eigenvalue weighted by molar-refractivity contribution is -0.140. The van der Waals surface area contributed by atoms with Gasteiger partial charge >= 0.3 is 5.97 Å². The number of methoxy groups -OCH3 is 1. The van der Waals surface area contributed by atoms with Gasteiger partial charge in [-0.15, -0.1) is 0 Å². The zero-order chi connectivity index (χ0) is 22.5. The molecule has 1 fully saturated rings. The number of rotatable bonds is 14. The molecule has 0 heterocycles. The number of aromatic hydroxyl groups is 1. The summed E-state index contributed by atoms with van der Waals surface area (Å²) in [6.45, 7) is 1.93. The number of carbonyl (C=O) groups is 2. The van der Waals surface area contributed by atoms with E-state index in [-0.39, 0.29) is 11.9 Å². The molecule has 0 aliphatic heterocycles. The minimum absolute atomic E-state index is 0.136. The van der Waals surface area contributed by atoms with Crippen molar-refractivity contribution in [2.75, 3.05) is 18.6 Å². The monoisotopic (exact) mass is 446 g/mol. The molecule has 1 aliphatic rings. The van der Waals surface area contributed by atoms with Gasteiger partial charge in [0.2, 0.25) is 0 Å². The lowest BCUT2D eigenvalue weighted by Gasteiger charge is -2.16. The second-order valence-corrected chi connectivity index (χ2v) is 9.75. The van der Waals surface area contributed by atoms with E-state index in [4.69, 9.17) is 0 Å². The molecule has 0 amide bonds. The van der Waals surface area contributed by atoms with Crippen molar-refractivity contribution in [3.63, 3.8) is 0 Å². The third-order valence-electron chi connectivity index (χ3n) is 6.15. The Morgan fingerprint density at radius 2 is 2.03 bits per heavy atom. The maximum atomic E-state index is 12.3. The van der Waals surface area contributed by atoms with Crippen molar-refractivity contribution in [3.8, 4) is 5.75 Å². The fourth-order valence-corrected chi connectivity index (χ4v) is 5.19. The van der Waals surface area contributed by atoms with Crippen LogP contribution in [0.4, 0.5) is 0 Å². The Morgan fingerprint density at radius 3 is 2.81 bits per heavy atom. The maximum absolute atomic E-state index is 12.3. The summed E-state index contributed by atoms with van der Waals surface area (Å²) in [6.07, 6.45) is 13.9. The standard InChI is InChI=1S/C26H38O4S/c1-20-19-21(13-15-24(20)27)9-5-3-4-6-10-22-14-16-25(28)23(22)11-7-17-31-18-8-12-26(29)30-2/h4,6,13,15,19,22-23,27H,3,5,7-12,14,16-18H2,1-2H3/b6-4+/t22?,23-/m1/s1. The van der Waals surface area contributed by atoms with Crippen molar-refractivity contribution >= 4 is 23.5 Å². The van der Waals surface area contributed by atoms with Crippen LogP contribution in [0.15, 0.2) is 30.4 Å². The first-order valence-electron chi connectivity index (χ1n) is 11.6. The third kappa shape index (κ3) is 9.51. The van der Waals surface area contributed by atoms with E-state index in [2.05, 4.69) is 23.0 Å². The summed E-state index contributed by atoms with van der Waals surface area (Å²) in [5.41, 5.74) is 2.21. The van der Waals surface area contributed by atoms with Gasteiger partial charge in [-0.2, -0.15) is 11.8 Å². The summed E-state index contributed by atoms with van der Waals surface area (Å²) < 4.78 is 4.65. The lowest BCUT2D eigenvalue weighted by Crippen LogP contribution is -2.14. The minimum Gasteiger partial charge on any atom is -0.508 e. The SMILES string of the molecule is COC(=O)CCCSCCC[C@H]1C(=O)CCC1C/C=C/CCCc1ccc(O)c(C)c1. The number of ketones is 1. The van der Waals surface area contributed by atoms with Gasteiger partial charge in [-0.1, -0.05) is 24.3 Å². The zero-order valence-electron chi connectivity index (χ0n) is 19.1. The molecule has 0 aromatic heterocycles. The Hall–Kier alpha value is -1.75. The number of phenols is 1. The third-order valence-corrected chi connectivity index (χ3v) is 7.30. The van der Waals surface area contributed by atoms with Gasteiger partial charge in [0, 0.05) is 18.8 Å². The number of phenolic OH excluding ortho intramolecular Hbond substituents is 1. The van der Waals surface area contributed by atoms with Crippen LogP contribution >= 0.6 is 11.8 Å². The van der Waals surface area contributed by atoms with Crippen molar-refractivity contribution in [2.24, 2.45) is 11.8 Å². The first-order valence-corrected chi connectivity index (χ1v) is 12.8. The Bertz CT molecular complexity index is 728. The van der Waals surface area contributed by atoms with Gasteiger partial charge in [-0.3, -0.25) is 9.59 Å². The molecule has 31 heavy (non-hydrogen) atoms. The number of Topliss-reactive ketones (excluding diaryl/α,β-unsaturated/α-hetero) is 1. The molecule has 1 N–H and O–H groups in total. The van der Waals surface area contributed by atoms with E-state index < -0.39 is 0 Å². The predicted molar refractivity (Wildman–Crippen MR) is 129 cm³/mol. The van der Waals surface area contributed by atoms with E-state index in [1.165, 1.54) is 12.7 Å². The fraction of sp³-hybridized carbons (Fsp3) is 0.615. The highest BCUT2D eigenvalue weighted by molar-refractivity contribution is 7.99. The second kappa shape index (κ2) is 14.3. The summed E-state index contributed by atoms with van der Waals surface area (Å²) in [7, 11) is 1.43. The molecule has 0 saturated heterocycles. The van der Waals surface area contributed by atoms with Crippen LogP contribution in [0.1, 0.15) is 68.9 Å². The molecule has 4 nitrogen and oxygen atoms in total. The van der Waals surface area contributed by atoms with Crippen LogP contribution in [0.5, 0.6) is 5.75 Å². The summed E-state index contributed by atoms with van der Waals surface area (Å²) in [5, 5.41) is 9.61. The van der Waals surface area contributed by atoms with Crippen molar-refractivity contribution < 1.29 is 19.4 Å². The van der Waals surface area contributed by atoms with Crippen LogP contribution in [0.3, 0.4) is 0 Å². The van der Waals surface area contributed by atoms with Crippen molar-refractivity contribution in [3.05, 3.63) is 41.5 Å². The van der Waals surface area contributed by atoms with Crippen LogP contribution in [-0.2, 0) is 20.7 Å².